The van der Waals surface area contributed by atoms with E-state index in [-0.39, 0.29) is 11.9 Å². The molecule has 0 aromatic heterocycles. The molecule has 1 unspecified atom stereocenters. The molecule has 0 radical (unpaired) electrons. The van der Waals surface area contributed by atoms with Crippen molar-refractivity contribution in [3.63, 3.8) is 0 Å². The zero-order valence-corrected chi connectivity index (χ0v) is 17.7. The van der Waals surface area contributed by atoms with Crippen molar-refractivity contribution in [1.29, 1.82) is 0 Å². The molecule has 2 aromatic carbocycles. The van der Waals surface area contributed by atoms with Gasteiger partial charge in [0.15, 0.2) is 0 Å². The number of anilines is 2. The summed E-state index contributed by atoms with van der Waals surface area (Å²) in [5.74, 6) is -0.582. The molecule has 0 saturated carbocycles. The summed E-state index contributed by atoms with van der Waals surface area (Å²) in [4.78, 5) is 24.0. The Morgan fingerprint density at radius 3 is 2.67 bits per heavy atom. The number of ether oxygens (including phenoxy) is 1. The zero-order valence-electron chi connectivity index (χ0n) is 14.7. The first-order chi connectivity index (χ1) is 13.0. The molecule has 0 aliphatic carbocycles. The number of hydrogen-bond donors (Lipinski definition) is 2. The van der Waals surface area contributed by atoms with Gasteiger partial charge in [-0.3, -0.25) is 4.79 Å². The van der Waals surface area contributed by atoms with E-state index in [9.17, 15) is 9.59 Å². The summed E-state index contributed by atoms with van der Waals surface area (Å²) in [5.41, 5.74) is 1.50. The van der Waals surface area contributed by atoms with Crippen molar-refractivity contribution in [1.82, 2.24) is 0 Å². The molecule has 0 aliphatic rings. The van der Waals surface area contributed by atoms with Crippen LogP contribution in [0.15, 0.2) is 60.7 Å². The maximum Gasteiger partial charge on any atom is 0.328 e. The Kier molecular flexibility index (Phi) is 8.60. The van der Waals surface area contributed by atoms with Crippen molar-refractivity contribution in [2.24, 2.45) is 0 Å². The summed E-state index contributed by atoms with van der Waals surface area (Å²) in [6.07, 6.45) is 4.21. The number of benzene rings is 2. The van der Waals surface area contributed by atoms with Gasteiger partial charge in [-0.2, -0.15) is 0 Å². The molecule has 2 aromatic rings. The second kappa shape index (κ2) is 10.9. The van der Waals surface area contributed by atoms with Gasteiger partial charge in [-0.1, -0.05) is 35.9 Å². The fraction of sp³-hybridized carbons (Fsp3) is 0.200. The van der Waals surface area contributed by atoms with E-state index < -0.39 is 6.04 Å². The first-order valence-electron chi connectivity index (χ1n) is 8.31. The third-order valence-electron chi connectivity index (χ3n) is 3.68. The number of halogens is 2. The number of methoxy groups -OCH3 is 1. The molecule has 1 amide bonds. The van der Waals surface area contributed by atoms with E-state index in [0.29, 0.717) is 17.9 Å². The van der Waals surface area contributed by atoms with Crippen molar-refractivity contribution in [3.05, 3.63) is 69.3 Å². The Morgan fingerprint density at radius 1 is 1.22 bits per heavy atom. The van der Waals surface area contributed by atoms with Crippen LogP contribution in [0.4, 0.5) is 11.4 Å². The van der Waals surface area contributed by atoms with Gasteiger partial charge in [0, 0.05) is 20.0 Å². The van der Waals surface area contributed by atoms with Gasteiger partial charge in [-0.05, 0) is 71.8 Å². The predicted octanol–water partition coefficient (Wildman–Crippen LogP) is 4.87. The largest absolute Gasteiger partial charge is 0.467 e. The molecule has 1 atom stereocenters. The van der Waals surface area contributed by atoms with Gasteiger partial charge in [0.2, 0.25) is 5.91 Å². The maximum absolute atomic E-state index is 12.1. The van der Waals surface area contributed by atoms with Crippen molar-refractivity contribution < 1.29 is 14.3 Å². The normalized spacial score (nSPS) is 11.8. The molecule has 7 heteroatoms. The minimum absolute atomic E-state index is 0.215. The van der Waals surface area contributed by atoms with Gasteiger partial charge >= 0.3 is 5.97 Å². The number of nitrogens with one attached hydrogen (secondary N) is 2. The second-order valence-electron chi connectivity index (χ2n) is 5.68. The van der Waals surface area contributed by atoms with Gasteiger partial charge in [0.25, 0.3) is 0 Å². The highest BCUT2D eigenvalue weighted by atomic mass is 127. The van der Waals surface area contributed by atoms with E-state index >= 15 is 0 Å². The second-order valence-corrected chi connectivity index (χ2v) is 7.28. The smallest absolute Gasteiger partial charge is 0.328 e. The van der Waals surface area contributed by atoms with E-state index in [0.717, 1.165) is 14.9 Å². The monoisotopic (exact) mass is 498 g/mol. The topological polar surface area (TPSA) is 67.4 Å². The number of rotatable bonds is 8. The van der Waals surface area contributed by atoms with Crippen LogP contribution in [0.25, 0.3) is 0 Å². The zero-order chi connectivity index (χ0) is 19.6. The third kappa shape index (κ3) is 7.22. The molecule has 5 nitrogen and oxygen atoms in total. The minimum Gasteiger partial charge on any atom is -0.467 e. The highest BCUT2D eigenvalue weighted by Crippen LogP contribution is 2.24. The van der Waals surface area contributed by atoms with Crippen molar-refractivity contribution >= 4 is 57.4 Å². The fourth-order valence-electron chi connectivity index (χ4n) is 2.35. The van der Waals surface area contributed by atoms with Crippen LogP contribution < -0.4 is 10.6 Å². The Labute approximate surface area is 177 Å². The number of carbonyl (C=O) groups is 2. The standard InChI is InChI=1S/C20H20ClIN2O3/c1-27-20(26)17(24-18-13-14(21)11-12-16(18)22)9-5-6-10-19(25)23-15-7-3-2-4-8-15/h2-4,6-8,10-13,17,24H,5,9H2,1H3,(H,23,25)/b10-6+. The van der Waals surface area contributed by atoms with Gasteiger partial charge in [0.1, 0.15) is 6.04 Å². The van der Waals surface area contributed by atoms with Crippen LogP contribution >= 0.6 is 34.2 Å². The number of allylic oxidation sites excluding steroid dienone is 1. The Morgan fingerprint density at radius 2 is 1.96 bits per heavy atom. The average Bonchev–Trinajstić information content (AvgIpc) is 2.67. The first-order valence-corrected chi connectivity index (χ1v) is 9.77. The van der Waals surface area contributed by atoms with Gasteiger partial charge in [0.05, 0.1) is 7.11 Å². The molecule has 2 N–H and O–H groups in total. The minimum atomic E-state index is -0.538. The Balaban J connectivity index is 1.91. The molecule has 27 heavy (non-hydrogen) atoms. The SMILES string of the molecule is COC(=O)C(CC/C=C/C(=O)Nc1ccccc1)Nc1cc(Cl)ccc1I. The van der Waals surface area contributed by atoms with Crippen LogP contribution in [0.3, 0.4) is 0 Å². The lowest BCUT2D eigenvalue weighted by atomic mass is 10.1. The Bertz CT molecular complexity index is 812. The highest BCUT2D eigenvalue weighted by molar-refractivity contribution is 14.1. The average molecular weight is 499 g/mol. The number of carbonyl (C=O) groups excluding carboxylic acids is 2. The predicted molar refractivity (Wildman–Crippen MR) is 117 cm³/mol. The molecule has 0 saturated heterocycles. The van der Waals surface area contributed by atoms with E-state index in [1.807, 2.05) is 36.4 Å². The van der Waals surface area contributed by atoms with E-state index in [2.05, 4.69) is 33.2 Å². The molecule has 0 heterocycles. The van der Waals surface area contributed by atoms with Gasteiger partial charge in [-0.25, -0.2) is 4.79 Å². The molecule has 2 rings (SSSR count). The van der Waals surface area contributed by atoms with Gasteiger partial charge < -0.3 is 15.4 Å². The maximum atomic E-state index is 12.1. The quantitative estimate of drug-likeness (QED) is 0.309. The summed E-state index contributed by atoms with van der Waals surface area (Å²) >= 11 is 8.20. The summed E-state index contributed by atoms with van der Waals surface area (Å²) in [6, 6.07) is 14.1. The molecule has 142 valence electrons. The van der Waals surface area contributed by atoms with Crippen LogP contribution in [0.5, 0.6) is 0 Å². The van der Waals surface area contributed by atoms with E-state index in [1.54, 1.807) is 18.2 Å². The molecule has 0 bridgehead atoms. The van der Waals surface area contributed by atoms with Crippen molar-refractivity contribution in [2.45, 2.75) is 18.9 Å². The highest BCUT2D eigenvalue weighted by Gasteiger charge is 2.19. The van der Waals surface area contributed by atoms with Crippen LogP contribution in [-0.4, -0.2) is 25.0 Å². The first kappa shape index (κ1) is 21.2. The van der Waals surface area contributed by atoms with Crippen molar-refractivity contribution in [2.75, 3.05) is 17.7 Å². The number of amides is 1. The number of esters is 1. The van der Waals surface area contributed by atoms with E-state index in [4.69, 9.17) is 16.3 Å². The number of para-hydroxylation sites is 1. The van der Waals surface area contributed by atoms with Crippen molar-refractivity contribution in [3.8, 4) is 0 Å². The molecule has 0 spiro atoms. The Hall–Kier alpha value is -2.06. The molecule has 0 fully saturated rings. The van der Waals surface area contributed by atoms with Gasteiger partial charge in [-0.15, -0.1) is 0 Å². The summed E-state index contributed by atoms with van der Waals surface area (Å²) < 4.78 is 5.82. The summed E-state index contributed by atoms with van der Waals surface area (Å²) in [6.45, 7) is 0. The van der Waals surface area contributed by atoms with Crippen LogP contribution in [0.1, 0.15) is 12.8 Å². The van der Waals surface area contributed by atoms with E-state index in [1.165, 1.54) is 13.2 Å². The summed E-state index contributed by atoms with van der Waals surface area (Å²) in [7, 11) is 1.35. The molecule has 0 aliphatic heterocycles. The lowest BCUT2D eigenvalue weighted by molar-refractivity contribution is -0.141. The van der Waals surface area contributed by atoms with Crippen LogP contribution in [0.2, 0.25) is 5.02 Å². The molecular formula is C20H20ClIN2O3. The molecular weight excluding hydrogens is 479 g/mol. The number of hydrogen-bond acceptors (Lipinski definition) is 4. The lowest BCUT2D eigenvalue weighted by Crippen LogP contribution is -2.30. The summed E-state index contributed by atoms with van der Waals surface area (Å²) in [5, 5.41) is 6.52. The lowest BCUT2D eigenvalue weighted by Gasteiger charge is -2.18. The third-order valence-corrected chi connectivity index (χ3v) is 4.85. The fourth-order valence-corrected chi connectivity index (χ4v) is 3.01. The van der Waals surface area contributed by atoms with Crippen LogP contribution in [-0.2, 0) is 14.3 Å². The van der Waals surface area contributed by atoms with Crippen LogP contribution in [0, 0.1) is 3.57 Å².